The van der Waals surface area contributed by atoms with E-state index < -0.39 is 11.8 Å². The molecule has 2 N–H and O–H groups in total. The number of anilines is 1. The molecule has 1 saturated carbocycles. The van der Waals surface area contributed by atoms with Gasteiger partial charge in [0.15, 0.2) is 0 Å². The SMILES string of the molecule is O=C(Nc1ccc2nc3n(c(=O)c2c1)CCCCC3)C(=O)NC1CCCCC1. The van der Waals surface area contributed by atoms with Gasteiger partial charge in [0.1, 0.15) is 5.82 Å². The summed E-state index contributed by atoms with van der Waals surface area (Å²) in [7, 11) is 0. The molecule has 1 aromatic carbocycles. The average Bonchev–Trinajstić information content (AvgIpc) is 2.95. The number of amides is 2. The maximum Gasteiger partial charge on any atom is 0.313 e. The summed E-state index contributed by atoms with van der Waals surface area (Å²) in [6.07, 6.45) is 9.10. The highest BCUT2D eigenvalue weighted by atomic mass is 16.2. The van der Waals surface area contributed by atoms with E-state index in [1.165, 1.54) is 6.42 Å². The molecule has 148 valence electrons. The zero-order chi connectivity index (χ0) is 19.5. The standard InChI is InChI=1S/C21H26N4O3/c26-19(22-14-7-3-1-4-8-14)20(27)23-15-10-11-17-16(13-15)21(28)25-12-6-2-5-9-18(25)24-17/h10-11,13-14H,1-9,12H2,(H,22,26)(H,23,27). The number of aryl methyl sites for hydroxylation is 1. The van der Waals surface area contributed by atoms with Crippen molar-refractivity contribution in [3.05, 3.63) is 34.4 Å². The van der Waals surface area contributed by atoms with Gasteiger partial charge in [-0.15, -0.1) is 0 Å². The van der Waals surface area contributed by atoms with Crippen LogP contribution < -0.4 is 16.2 Å². The largest absolute Gasteiger partial charge is 0.345 e. The van der Waals surface area contributed by atoms with Gasteiger partial charge in [-0.1, -0.05) is 25.7 Å². The Morgan fingerprint density at radius 3 is 2.61 bits per heavy atom. The van der Waals surface area contributed by atoms with Gasteiger partial charge in [-0.05, 0) is 43.9 Å². The van der Waals surface area contributed by atoms with Crippen LogP contribution in [0.5, 0.6) is 0 Å². The molecule has 1 aliphatic carbocycles. The number of aromatic nitrogens is 2. The quantitative estimate of drug-likeness (QED) is 0.781. The van der Waals surface area contributed by atoms with Crippen LogP contribution in [0, 0.1) is 0 Å². The molecule has 4 rings (SSSR count). The summed E-state index contributed by atoms with van der Waals surface area (Å²) in [5.41, 5.74) is 0.983. The van der Waals surface area contributed by atoms with Crippen LogP contribution in [0.15, 0.2) is 23.0 Å². The first kappa shape index (κ1) is 18.7. The summed E-state index contributed by atoms with van der Waals surface area (Å²) in [6, 6.07) is 5.12. The molecule has 0 spiro atoms. The van der Waals surface area contributed by atoms with E-state index in [2.05, 4.69) is 15.6 Å². The minimum atomic E-state index is -0.701. The van der Waals surface area contributed by atoms with Crippen molar-refractivity contribution in [2.24, 2.45) is 0 Å². The van der Waals surface area contributed by atoms with Crippen LogP contribution in [-0.2, 0) is 22.6 Å². The van der Waals surface area contributed by atoms with E-state index in [0.717, 1.165) is 57.2 Å². The van der Waals surface area contributed by atoms with Crippen LogP contribution in [-0.4, -0.2) is 27.4 Å². The van der Waals surface area contributed by atoms with E-state index in [1.54, 1.807) is 22.8 Å². The molecule has 2 aromatic rings. The van der Waals surface area contributed by atoms with E-state index in [9.17, 15) is 14.4 Å². The van der Waals surface area contributed by atoms with Crippen LogP contribution in [0.25, 0.3) is 10.9 Å². The molecule has 7 heteroatoms. The topological polar surface area (TPSA) is 93.1 Å². The molecule has 2 heterocycles. The average molecular weight is 382 g/mol. The number of fused-ring (bicyclic) bond motifs is 2. The number of benzene rings is 1. The molecule has 0 unspecified atom stereocenters. The molecule has 7 nitrogen and oxygen atoms in total. The second kappa shape index (κ2) is 8.12. The third kappa shape index (κ3) is 3.93. The van der Waals surface area contributed by atoms with Crippen LogP contribution in [0.4, 0.5) is 5.69 Å². The second-order valence-corrected chi connectivity index (χ2v) is 7.79. The van der Waals surface area contributed by atoms with Gasteiger partial charge >= 0.3 is 11.8 Å². The summed E-state index contributed by atoms with van der Waals surface area (Å²) in [4.78, 5) is 42.0. The van der Waals surface area contributed by atoms with Gasteiger partial charge in [-0.25, -0.2) is 4.98 Å². The van der Waals surface area contributed by atoms with Crippen LogP contribution >= 0.6 is 0 Å². The zero-order valence-electron chi connectivity index (χ0n) is 16.0. The first-order valence-electron chi connectivity index (χ1n) is 10.3. The molecular weight excluding hydrogens is 356 g/mol. The number of nitrogens with one attached hydrogen (secondary N) is 2. The molecule has 1 aromatic heterocycles. The van der Waals surface area contributed by atoms with Crippen LogP contribution in [0.1, 0.15) is 57.2 Å². The highest BCUT2D eigenvalue weighted by molar-refractivity contribution is 6.39. The first-order valence-corrected chi connectivity index (χ1v) is 10.3. The zero-order valence-corrected chi connectivity index (χ0v) is 16.0. The van der Waals surface area contributed by atoms with E-state index in [0.29, 0.717) is 23.1 Å². The van der Waals surface area contributed by atoms with Gasteiger partial charge in [0, 0.05) is 24.7 Å². The maximum absolute atomic E-state index is 12.9. The normalized spacial score (nSPS) is 17.6. The summed E-state index contributed by atoms with van der Waals surface area (Å²) in [5, 5.41) is 5.89. The predicted octanol–water partition coefficient (Wildman–Crippen LogP) is 2.51. The minimum Gasteiger partial charge on any atom is -0.345 e. The smallest absolute Gasteiger partial charge is 0.313 e. The number of rotatable bonds is 2. The third-order valence-electron chi connectivity index (χ3n) is 5.72. The molecule has 1 aliphatic heterocycles. The van der Waals surface area contributed by atoms with E-state index in [4.69, 9.17) is 0 Å². The van der Waals surface area contributed by atoms with Crippen LogP contribution in [0.3, 0.4) is 0 Å². The Kier molecular flexibility index (Phi) is 5.41. The Labute approximate surface area is 163 Å². The number of hydrogen-bond acceptors (Lipinski definition) is 4. The molecule has 2 aliphatic rings. The molecule has 28 heavy (non-hydrogen) atoms. The second-order valence-electron chi connectivity index (χ2n) is 7.79. The number of hydrogen-bond donors (Lipinski definition) is 2. The van der Waals surface area contributed by atoms with Gasteiger partial charge < -0.3 is 10.6 Å². The van der Waals surface area contributed by atoms with Crippen molar-refractivity contribution < 1.29 is 9.59 Å². The summed E-state index contributed by atoms with van der Waals surface area (Å²) >= 11 is 0. The number of carbonyl (C=O) groups excluding carboxylic acids is 2. The highest BCUT2D eigenvalue weighted by Crippen LogP contribution is 2.19. The van der Waals surface area contributed by atoms with E-state index in [1.807, 2.05) is 0 Å². The Morgan fingerprint density at radius 2 is 1.79 bits per heavy atom. The van der Waals surface area contributed by atoms with Crippen molar-refractivity contribution >= 4 is 28.4 Å². The maximum atomic E-state index is 12.9. The van der Waals surface area contributed by atoms with Crippen LogP contribution in [0.2, 0.25) is 0 Å². The fourth-order valence-electron chi connectivity index (χ4n) is 4.18. The van der Waals surface area contributed by atoms with E-state index >= 15 is 0 Å². The monoisotopic (exact) mass is 382 g/mol. The lowest BCUT2D eigenvalue weighted by Crippen LogP contribution is -2.42. The van der Waals surface area contributed by atoms with Gasteiger partial charge in [-0.3, -0.25) is 19.0 Å². The minimum absolute atomic E-state index is 0.0768. The predicted molar refractivity (Wildman–Crippen MR) is 107 cm³/mol. The Morgan fingerprint density at radius 1 is 1.00 bits per heavy atom. The fourth-order valence-corrected chi connectivity index (χ4v) is 4.18. The van der Waals surface area contributed by atoms with Crippen molar-refractivity contribution in [1.82, 2.24) is 14.9 Å². The Bertz CT molecular complexity index is 960. The van der Waals surface area contributed by atoms with Gasteiger partial charge in [0.25, 0.3) is 5.56 Å². The van der Waals surface area contributed by atoms with E-state index in [-0.39, 0.29) is 11.6 Å². The van der Waals surface area contributed by atoms with Crippen molar-refractivity contribution in [3.63, 3.8) is 0 Å². The van der Waals surface area contributed by atoms with Crippen molar-refractivity contribution in [3.8, 4) is 0 Å². The van der Waals surface area contributed by atoms with Crippen molar-refractivity contribution in [2.45, 2.75) is 70.4 Å². The lowest BCUT2D eigenvalue weighted by atomic mass is 9.95. The fraction of sp³-hybridized carbons (Fsp3) is 0.524. The highest BCUT2D eigenvalue weighted by Gasteiger charge is 2.21. The molecule has 0 radical (unpaired) electrons. The number of carbonyl (C=O) groups is 2. The van der Waals surface area contributed by atoms with Crippen molar-refractivity contribution in [1.29, 1.82) is 0 Å². The molecule has 0 saturated heterocycles. The molecule has 1 fully saturated rings. The third-order valence-corrected chi connectivity index (χ3v) is 5.72. The lowest BCUT2D eigenvalue weighted by Gasteiger charge is -2.22. The summed E-state index contributed by atoms with van der Waals surface area (Å²) < 4.78 is 1.75. The molecular formula is C21H26N4O3. The van der Waals surface area contributed by atoms with Gasteiger partial charge in [-0.2, -0.15) is 0 Å². The van der Waals surface area contributed by atoms with Gasteiger partial charge in [0.05, 0.1) is 10.9 Å². The van der Waals surface area contributed by atoms with Crippen molar-refractivity contribution in [2.75, 3.05) is 5.32 Å². The first-order chi connectivity index (χ1) is 13.6. The summed E-state index contributed by atoms with van der Waals surface area (Å²) in [6.45, 7) is 0.678. The molecule has 0 bridgehead atoms. The van der Waals surface area contributed by atoms with Gasteiger partial charge in [0.2, 0.25) is 0 Å². The Hall–Kier alpha value is -2.70. The number of nitrogens with zero attached hydrogens (tertiary/aromatic N) is 2. The summed E-state index contributed by atoms with van der Waals surface area (Å²) in [5.74, 6) is -0.491. The molecule has 0 atom stereocenters. The lowest BCUT2D eigenvalue weighted by molar-refractivity contribution is -0.136. The molecule has 2 amide bonds. The Balaban J connectivity index is 1.52.